The molecule has 2 fully saturated rings. The van der Waals surface area contributed by atoms with Crippen LogP contribution in [0.2, 0.25) is 0 Å². The van der Waals surface area contributed by atoms with Gasteiger partial charge in [-0.15, -0.1) is 0 Å². The molecule has 0 aliphatic carbocycles. The van der Waals surface area contributed by atoms with E-state index >= 15 is 0 Å². The first-order chi connectivity index (χ1) is 13.3. The van der Waals surface area contributed by atoms with E-state index in [2.05, 4.69) is 0 Å². The van der Waals surface area contributed by atoms with E-state index in [0.29, 0.717) is 39.3 Å². The molecule has 0 aromatic heterocycles. The molecule has 1 aromatic carbocycles. The van der Waals surface area contributed by atoms with Crippen molar-refractivity contribution < 1.29 is 14.4 Å². The van der Waals surface area contributed by atoms with Gasteiger partial charge in [0, 0.05) is 39.3 Å². The van der Waals surface area contributed by atoms with Gasteiger partial charge < -0.3 is 20.4 Å². The molecule has 0 spiro atoms. The van der Waals surface area contributed by atoms with Crippen LogP contribution in [0.4, 0.5) is 4.79 Å². The van der Waals surface area contributed by atoms with Gasteiger partial charge in [-0.05, 0) is 32.3 Å². The number of rotatable bonds is 3. The topological polar surface area (TPSA) is 87.0 Å². The average Bonchev–Trinajstić information content (AvgIpc) is 2.73. The predicted molar refractivity (Wildman–Crippen MR) is 107 cm³/mol. The lowest BCUT2D eigenvalue weighted by Gasteiger charge is -2.41. The molecule has 28 heavy (non-hydrogen) atoms. The van der Waals surface area contributed by atoms with Crippen molar-refractivity contribution in [3.05, 3.63) is 35.9 Å². The number of carbonyl (C=O) groups excluding carboxylic acids is 3. The molecule has 7 heteroatoms. The van der Waals surface area contributed by atoms with E-state index in [-0.39, 0.29) is 17.7 Å². The number of carbonyl (C=O) groups is 3. The second kappa shape index (κ2) is 8.20. The summed E-state index contributed by atoms with van der Waals surface area (Å²) < 4.78 is 0. The van der Waals surface area contributed by atoms with Crippen molar-refractivity contribution in [2.24, 2.45) is 11.7 Å². The highest BCUT2D eigenvalue weighted by Crippen LogP contribution is 2.26. The van der Waals surface area contributed by atoms with E-state index in [1.807, 2.05) is 54.0 Å². The molecule has 4 amide bonds. The molecule has 0 saturated carbocycles. The van der Waals surface area contributed by atoms with Gasteiger partial charge in [0.2, 0.25) is 11.8 Å². The van der Waals surface area contributed by atoms with E-state index in [4.69, 9.17) is 5.73 Å². The Hall–Kier alpha value is -2.57. The van der Waals surface area contributed by atoms with Crippen LogP contribution in [0, 0.1) is 5.92 Å². The third kappa shape index (κ3) is 4.13. The molecule has 7 nitrogen and oxygen atoms in total. The Balaban J connectivity index is 1.57. The number of nitrogens with two attached hydrogens (primary N) is 1. The first kappa shape index (κ1) is 20.2. The zero-order valence-electron chi connectivity index (χ0n) is 16.8. The number of likely N-dealkylation sites (tertiary alicyclic amines) is 1. The van der Waals surface area contributed by atoms with Crippen LogP contribution >= 0.6 is 0 Å². The molecule has 2 heterocycles. The van der Waals surface area contributed by atoms with Gasteiger partial charge in [0.1, 0.15) is 0 Å². The van der Waals surface area contributed by atoms with Crippen molar-refractivity contribution in [1.29, 1.82) is 0 Å². The Kier molecular flexibility index (Phi) is 5.91. The van der Waals surface area contributed by atoms with E-state index in [1.165, 1.54) is 0 Å². The van der Waals surface area contributed by atoms with Crippen LogP contribution in [0.25, 0.3) is 0 Å². The Bertz CT molecular complexity index is 726. The maximum absolute atomic E-state index is 13.1. The first-order valence-electron chi connectivity index (χ1n) is 9.99. The smallest absolute Gasteiger partial charge is 0.314 e. The number of hydrogen-bond acceptors (Lipinski definition) is 3. The highest BCUT2D eigenvalue weighted by Gasteiger charge is 2.37. The Labute approximate surface area is 166 Å². The lowest BCUT2D eigenvalue weighted by molar-refractivity contribution is -0.145. The molecule has 2 aliphatic rings. The summed E-state index contributed by atoms with van der Waals surface area (Å²) in [6.07, 6.45) is 1.58. The summed E-state index contributed by atoms with van der Waals surface area (Å²) in [6.45, 7) is 7.04. The summed E-state index contributed by atoms with van der Waals surface area (Å²) in [4.78, 5) is 42.6. The van der Waals surface area contributed by atoms with Crippen molar-refractivity contribution in [3.8, 4) is 0 Å². The van der Waals surface area contributed by atoms with Gasteiger partial charge >= 0.3 is 6.03 Å². The van der Waals surface area contributed by atoms with Gasteiger partial charge in [-0.2, -0.15) is 0 Å². The number of primary amides is 1. The standard InChI is InChI=1S/C21H30N4O3/c1-21(2,17-8-4-3-5-9-17)19(27)24-13-11-23(12-14-24)18(26)16-7-6-10-25(15-16)20(22)28/h3-5,8-9,16H,6-7,10-15H2,1-2H3,(H2,22,28)/t16-/m1/s1. The Morgan fingerprint density at radius 3 is 2.14 bits per heavy atom. The zero-order chi connectivity index (χ0) is 20.3. The minimum absolute atomic E-state index is 0.0698. The van der Waals surface area contributed by atoms with Gasteiger partial charge in [-0.25, -0.2) is 4.79 Å². The van der Waals surface area contributed by atoms with Crippen molar-refractivity contribution >= 4 is 17.8 Å². The van der Waals surface area contributed by atoms with Crippen LogP contribution in [0.3, 0.4) is 0 Å². The summed E-state index contributed by atoms with van der Waals surface area (Å²) in [5.74, 6) is -0.0343. The van der Waals surface area contributed by atoms with Crippen LogP contribution in [0.1, 0.15) is 32.3 Å². The Morgan fingerprint density at radius 1 is 0.929 bits per heavy atom. The normalized spacial score (nSPS) is 20.8. The summed E-state index contributed by atoms with van der Waals surface area (Å²) in [7, 11) is 0. The van der Waals surface area contributed by atoms with Gasteiger partial charge in [0.25, 0.3) is 0 Å². The first-order valence-corrected chi connectivity index (χ1v) is 9.99. The maximum atomic E-state index is 13.1. The molecule has 0 radical (unpaired) electrons. The van der Waals surface area contributed by atoms with Gasteiger partial charge in [-0.3, -0.25) is 9.59 Å². The molecule has 2 N–H and O–H groups in total. The van der Waals surface area contributed by atoms with Crippen LogP contribution < -0.4 is 5.73 Å². The molecule has 1 atom stereocenters. The van der Waals surface area contributed by atoms with Crippen molar-refractivity contribution in [1.82, 2.24) is 14.7 Å². The van der Waals surface area contributed by atoms with E-state index < -0.39 is 11.4 Å². The monoisotopic (exact) mass is 386 g/mol. The van der Waals surface area contributed by atoms with E-state index in [9.17, 15) is 14.4 Å². The number of piperazine rings is 1. The third-order valence-corrected chi connectivity index (χ3v) is 5.99. The summed E-state index contributed by atoms with van der Waals surface area (Å²) in [5.41, 5.74) is 5.76. The number of piperidine rings is 1. The zero-order valence-corrected chi connectivity index (χ0v) is 16.8. The van der Waals surface area contributed by atoms with Crippen molar-refractivity contribution in [2.75, 3.05) is 39.3 Å². The fourth-order valence-electron chi connectivity index (χ4n) is 4.14. The second-order valence-electron chi connectivity index (χ2n) is 8.23. The SMILES string of the molecule is CC(C)(C(=O)N1CCN(C(=O)[C@@H]2CCCN(C(N)=O)C2)CC1)c1ccccc1. The lowest BCUT2D eigenvalue weighted by Crippen LogP contribution is -2.56. The number of amides is 4. The number of urea groups is 1. The third-order valence-electron chi connectivity index (χ3n) is 5.99. The minimum atomic E-state index is -0.598. The number of nitrogens with zero attached hydrogens (tertiary/aromatic N) is 3. The van der Waals surface area contributed by atoms with Crippen LogP contribution in [0.15, 0.2) is 30.3 Å². The van der Waals surface area contributed by atoms with Gasteiger partial charge in [-0.1, -0.05) is 30.3 Å². The van der Waals surface area contributed by atoms with E-state index in [0.717, 1.165) is 18.4 Å². The average molecular weight is 386 g/mol. The quantitative estimate of drug-likeness (QED) is 0.852. The minimum Gasteiger partial charge on any atom is -0.351 e. The predicted octanol–water partition coefficient (Wildman–Crippen LogP) is 1.43. The van der Waals surface area contributed by atoms with Crippen LogP contribution in [0.5, 0.6) is 0 Å². The molecule has 3 rings (SSSR count). The molecule has 1 aromatic rings. The maximum Gasteiger partial charge on any atom is 0.314 e. The molecular weight excluding hydrogens is 356 g/mol. The molecule has 152 valence electrons. The molecule has 2 saturated heterocycles. The summed E-state index contributed by atoms with van der Waals surface area (Å²) >= 11 is 0. The molecule has 0 bridgehead atoms. The summed E-state index contributed by atoms with van der Waals surface area (Å²) in [5, 5.41) is 0. The van der Waals surface area contributed by atoms with Gasteiger partial charge in [0.15, 0.2) is 0 Å². The number of hydrogen-bond donors (Lipinski definition) is 1. The van der Waals surface area contributed by atoms with Crippen molar-refractivity contribution in [3.63, 3.8) is 0 Å². The highest BCUT2D eigenvalue weighted by atomic mass is 16.2. The second-order valence-corrected chi connectivity index (χ2v) is 8.23. The number of benzene rings is 1. The van der Waals surface area contributed by atoms with Crippen LogP contribution in [-0.2, 0) is 15.0 Å². The Morgan fingerprint density at radius 2 is 1.54 bits per heavy atom. The fourth-order valence-corrected chi connectivity index (χ4v) is 4.14. The fraction of sp³-hybridized carbons (Fsp3) is 0.571. The lowest BCUT2D eigenvalue weighted by atomic mass is 9.83. The van der Waals surface area contributed by atoms with Gasteiger partial charge in [0.05, 0.1) is 11.3 Å². The largest absolute Gasteiger partial charge is 0.351 e. The van der Waals surface area contributed by atoms with Crippen LogP contribution in [-0.4, -0.2) is 71.8 Å². The van der Waals surface area contributed by atoms with E-state index in [1.54, 1.807) is 4.90 Å². The summed E-state index contributed by atoms with van der Waals surface area (Å²) in [6, 6.07) is 9.33. The highest BCUT2D eigenvalue weighted by molar-refractivity contribution is 5.88. The molecule has 0 unspecified atom stereocenters. The molecular formula is C21H30N4O3. The molecule has 2 aliphatic heterocycles. The van der Waals surface area contributed by atoms with Crippen molar-refractivity contribution in [2.45, 2.75) is 32.1 Å².